The predicted molar refractivity (Wildman–Crippen MR) is 158 cm³/mol. The Labute approximate surface area is 219 Å². The Morgan fingerprint density at radius 3 is 2.13 bits per heavy atom. The first kappa shape index (κ1) is 21.0. The van der Waals surface area contributed by atoms with E-state index in [0.717, 1.165) is 55.2 Å². The van der Waals surface area contributed by atoms with Gasteiger partial charge in [-0.3, -0.25) is 4.98 Å². The van der Waals surface area contributed by atoms with Crippen LogP contribution in [0.2, 0.25) is 0 Å². The molecule has 0 bridgehead atoms. The zero-order valence-corrected chi connectivity index (χ0v) is 20.5. The van der Waals surface area contributed by atoms with E-state index in [0.29, 0.717) is 0 Å². The number of rotatable bonds is 2. The van der Waals surface area contributed by atoms with Crippen molar-refractivity contribution in [3.63, 3.8) is 0 Å². The number of hydrogen-bond donors (Lipinski definition) is 0. The highest BCUT2D eigenvalue weighted by Crippen LogP contribution is 2.38. The summed E-state index contributed by atoms with van der Waals surface area (Å²) in [5.74, 6) is 0. The third kappa shape index (κ3) is 3.19. The normalized spacial score (nSPS) is 11.7. The van der Waals surface area contributed by atoms with Gasteiger partial charge in [-0.05, 0) is 35.0 Å². The summed E-state index contributed by atoms with van der Waals surface area (Å²) in [4.78, 5) is 14.9. The van der Waals surface area contributed by atoms with Gasteiger partial charge in [0.25, 0.3) is 0 Å². The molecule has 0 fully saturated rings. The van der Waals surface area contributed by atoms with E-state index < -0.39 is 0 Å². The van der Waals surface area contributed by atoms with Crippen molar-refractivity contribution in [1.29, 1.82) is 0 Å². The van der Waals surface area contributed by atoms with Gasteiger partial charge in [0.15, 0.2) is 0 Å². The summed E-state index contributed by atoms with van der Waals surface area (Å²) in [5.41, 5.74) is 6.89. The van der Waals surface area contributed by atoms with E-state index in [2.05, 4.69) is 120 Å². The molecule has 3 heterocycles. The third-order valence-electron chi connectivity index (χ3n) is 7.45. The van der Waals surface area contributed by atoms with Crippen LogP contribution in [-0.4, -0.2) is 15.0 Å². The van der Waals surface area contributed by atoms with Crippen LogP contribution in [0.3, 0.4) is 0 Å². The number of pyridine rings is 3. The van der Waals surface area contributed by atoms with Gasteiger partial charge in [0.2, 0.25) is 0 Å². The van der Waals surface area contributed by atoms with E-state index in [1.807, 2.05) is 12.3 Å². The molecule has 176 valence electrons. The maximum absolute atomic E-state index is 5.18. The summed E-state index contributed by atoms with van der Waals surface area (Å²) in [6.07, 6.45) is 1.83. The smallest absolute Gasteiger partial charge is 0.0972 e. The molecule has 0 amide bonds. The molecular formula is C35H21N3. The summed E-state index contributed by atoms with van der Waals surface area (Å²) >= 11 is 0. The van der Waals surface area contributed by atoms with Gasteiger partial charge in [-0.1, -0.05) is 97.1 Å². The maximum Gasteiger partial charge on any atom is 0.0972 e. The summed E-state index contributed by atoms with van der Waals surface area (Å²) in [6, 6.07) is 42.5. The van der Waals surface area contributed by atoms with Gasteiger partial charge in [-0.25, -0.2) is 9.97 Å². The van der Waals surface area contributed by atoms with Crippen LogP contribution in [0.1, 0.15) is 0 Å². The Hall–Kier alpha value is -5.15. The Kier molecular flexibility index (Phi) is 4.52. The van der Waals surface area contributed by atoms with E-state index in [9.17, 15) is 0 Å². The molecule has 3 nitrogen and oxygen atoms in total. The van der Waals surface area contributed by atoms with E-state index in [-0.39, 0.29) is 0 Å². The fraction of sp³-hybridized carbons (Fsp3) is 0. The number of fused-ring (bicyclic) bond motifs is 8. The number of para-hydroxylation sites is 1. The first-order valence-electron chi connectivity index (χ1n) is 12.8. The minimum Gasteiger partial charge on any atom is -0.254 e. The summed E-state index contributed by atoms with van der Waals surface area (Å²) in [6.45, 7) is 0. The van der Waals surface area contributed by atoms with Crippen LogP contribution in [0.4, 0.5) is 0 Å². The van der Waals surface area contributed by atoms with Gasteiger partial charge in [-0.2, -0.15) is 0 Å². The van der Waals surface area contributed by atoms with E-state index in [1.54, 1.807) is 0 Å². The summed E-state index contributed by atoms with van der Waals surface area (Å²) in [7, 11) is 0. The molecule has 5 aromatic carbocycles. The predicted octanol–water partition coefficient (Wildman–Crippen LogP) is 8.97. The molecule has 0 atom stereocenters. The molecular weight excluding hydrogens is 462 g/mol. The minimum atomic E-state index is 0.923. The quantitative estimate of drug-likeness (QED) is 0.230. The molecule has 0 aliphatic rings. The number of hydrogen-bond acceptors (Lipinski definition) is 3. The number of benzene rings is 5. The second kappa shape index (κ2) is 8.19. The van der Waals surface area contributed by atoms with Crippen LogP contribution in [0.15, 0.2) is 128 Å². The highest BCUT2D eigenvalue weighted by molar-refractivity contribution is 6.22. The molecule has 38 heavy (non-hydrogen) atoms. The van der Waals surface area contributed by atoms with Crippen molar-refractivity contribution >= 4 is 54.3 Å². The standard InChI is InChI=1S/C35H21N3/c1-2-11-27-22(7-1)16-18-29-32(27)28-12-3-4-13-31(28)38-33(29)26-9-5-8-25(21-26)30-19-17-24-15-14-23-10-6-20-36-34(23)35(24)37-30/h1-21H. The lowest BCUT2D eigenvalue weighted by Gasteiger charge is -2.13. The van der Waals surface area contributed by atoms with Crippen LogP contribution >= 0.6 is 0 Å². The minimum absolute atomic E-state index is 0.923. The second-order valence-corrected chi connectivity index (χ2v) is 9.68. The molecule has 0 saturated heterocycles. The van der Waals surface area contributed by atoms with Crippen LogP contribution < -0.4 is 0 Å². The van der Waals surface area contributed by atoms with Gasteiger partial charge >= 0.3 is 0 Å². The van der Waals surface area contributed by atoms with Gasteiger partial charge < -0.3 is 0 Å². The van der Waals surface area contributed by atoms with Gasteiger partial charge in [0, 0.05) is 44.3 Å². The zero-order chi connectivity index (χ0) is 25.1. The monoisotopic (exact) mass is 483 g/mol. The molecule has 0 radical (unpaired) electrons. The number of aromatic nitrogens is 3. The van der Waals surface area contributed by atoms with Gasteiger partial charge in [-0.15, -0.1) is 0 Å². The van der Waals surface area contributed by atoms with Crippen molar-refractivity contribution in [2.24, 2.45) is 0 Å². The Morgan fingerprint density at radius 2 is 1.18 bits per heavy atom. The Morgan fingerprint density at radius 1 is 0.447 bits per heavy atom. The van der Waals surface area contributed by atoms with Gasteiger partial charge in [0.05, 0.1) is 27.9 Å². The largest absolute Gasteiger partial charge is 0.254 e. The fourth-order valence-electron chi connectivity index (χ4n) is 5.65. The third-order valence-corrected chi connectivity index (χ3v) is 7.45. The lowest BCUT2D eigenvalue weighted by Crippen LogP contribution is -1.92. The van der Waals surface area contributed by atoms with Crippen LogP contribution in [0, 0.1) is 0 Å². The molecule has 8 rings (SSSR count). The summed E-state index contributed by atoms with van der Waals surface area (Å²) < 4.78 is 0. The Balaban J connectivity index is 1.37. The first-order valence-corrected chi connectivity index (χ1v) is 12.8. The molecule has 0 aliphatic carbocycles. The van der Waals surface area contributed by atoms with Crippen LogP contribution in [-0.2, 0) is 0 Å². The number of nitrogens with zero attached hydrogens (tertiary/aromatic N) is 3. The van der Waals surface area contributed by atoms with Crippen molar-refractivity contribution in [1.82, 2.24) is 15.0 Å². The second-order valence-electron chi connectivity index (χ2n) is 9.68. The maximum atomic E-state index is 5.18. The van der Waals surface area contributed by atoms with E-state index in [1.165, 1.54) is 21.5 Å². The fourth-order valence-corrected chi connectivity index (χ4v) is 5.65. The average Bonchev–Trinajstić information content (AvgIpc) is 3.00. The van der Waals surface area contributed by atoms with E-state index >= 15 is 0 Å². The highest BCUT2D eigenvalue weighted by Gasteiger charge is 2.14. The molecule has 0 unspecified atom stereocenters. The van der Waals surface area contributed by atoms with Crippen LogP contribution in [0.5, 0.6) is 0 Å². The molecule has 3 aromatic heterocycles. The topological polar surface area (TPSA) is 38.7 Å². The Bertz CT molecular complexity index is 2180. The average molecular weight is 484 g/mol. The molecule has 0 N–H and O–H groups in total. The lowest BCUT2D eigenvalue weighted by molar-refractivity contribution is 1.37. The molecule has 0 spiro atoms. The SMILES string of the molecule is c1cc(-c2ccc3ccc4cccnc4c3n2)cc(-c2nc3ccccc3c3c2ccc2ccccc23)c1. The van der Waals surface area contributed by atoms with E-state index in [4.69, 9.17) is 9.97 Å². The van der Waals surface area contributed by atoms with Crippen molar-refractivity contribution in [3.05, 3.63) is 128 Å². The van der Waals surface area contributed by atoms with Crippen molar-refractivity contribution in [2.75, 3.05) is 0 Å². The van der Waals surface area contributed by atoms with Crippen molar-refractivity contribution < 1.29 is 0 Å². The molecule has 3 heteroatoms. The lowest BCUT2D eigenvalue weighted by atomic mass is 9.94. The van der Waals surface area contributed by atoms with Gasteiger partial charge in [0.1, 0.15) is 0 Å². The highest BCUT2D eigenvalue weighted by atomic mass is 14.8. The molecule has 0 saturated carbocycles. The molecule has 8 aromatic rings. The first-order chi connectivity index (χ1) is 18.8. The summed E-state index contributed by atoms with van der Waals surface area (Å²) in [5, 5.41) is 8.24. The zero-order valence-electron chi connectivity index (χ0n) is 20.5. The van der Waals surface area contributed by atoms with Crippen molar-refractivity contribution in [3.8, 4) is 22.5 Å². The van der Waals surface area contributed by atoms with Crippen molar-refractivity contribution in [2.45, 2.75) is 0 Å². The van der Waals surface area contributed by atoms with Crippen LogP contribution in [0.25, 0.3) is 76.8 Å². The molecule has 0 aliphatic heterocycles.